The molecule has 0 radical (unpaired) electrons. The van der Waals surface area contributed by atoms with Crippen LogP contribution < -0.4 is 5.32 Å². The highest BCUT2D eigenvalue weighted by molar-refractivity contribution is 6.31. The molecule has 1 heterocycles. The Bertz CT molecular complexity index is 599. The summed E-state index contributed by atoms with van der Waals surface area (Å²) in [5.41, 5.74) is 1.32. The van der Waals surface area contributed by atoms with E-state index < -0.39 is 0 Å². The van der Waals surface area contributed by atoms with E-state index in [2.05, 4.69) is 10.3 Å². The first-order chi connectivity index (χ1) is 9.60. The molecule has 0 aliphatic heterocycles. The van der Waals surface area contributed by atoms with Crippen LogP contribution in [0, 0.1) is 0 Å². The second kappa shape index (κ2) is 6.73. The summed E-state index contributed by atoms with van der Waals surface area (Å²) in [5.74, 6) is -0.241. The summed E-state index contributed by atoms with van der Waals surface area (Å²) < 4.78 is 0. The molecule has 1 unspecified atom stereocenters. The molecule has 3 nitrogen and oxygen atoms in total. The van der Waals surface area contributed by atoms with Gasteiger partial charge in [-0.1, -0.05) is 42.3 Å². The van der Waals surface area contributed by atoms with E-state index >= 15 is 0 Å². The van der Waals surface area contributed by atoms with E-state index in [1.807, 2.05) is 31.2 Å². The van der Waals surface area contributed by atoms with Crippen LogP contribution in [0.3, 0.4) is 0 Å². The Hall–Kier alpha value is -1.58. The highest BCUT2D eigenvalue weighted by atomic mass is 35.5. The largest absolute Gasteiger partial charge is 0.344 e. The van der Waals surface area contributed by atoms with Gasteiger partial charge in [0.1, 0.15) is 5.69 Å². The second-order valence-electron chi connectivity index (χ2n) is 4.35. The molecule has 0 aliphatic rings. The topological polar surface area (TPSA) is 42.0 Å². The lowest BCUT2D eigenvalue weighted by Gasteiger charge is -2.17. The molecule has 1 N–H and O–H groups in total. The lowest BCUT2D eigenvalue weighted by Crippen LogP contribution is -2.28. The Balaban J connectivity index is 2.14. The minimum atomic E-state index is -0.241. The second-order valence-corrected chi connectivity index (χ2v) is 5.22. The molecule has 5 heteroatoms. The fourth-order valence-corrected chi connectivity index (χ4v) is 2.16. The maximum Gasteiger partial charge on any atom is 0.270 e. The smallest absolute Gasteiger partial charge is 0.270 e. The van der Waals surface area contributed by atoms with E-state index in [-0.39, 0.29) is 11.9 Å². The van der Waals surface area contributed by atoms with Crippen LogP contribution in [0.2, 0.25) is 10.0 Å². The van der Waals surface area contributed by atoms with E-state index in [0.29, 0.717) is 15.7 Å². The normalized spacial score (nSPS) is 11.9. The van der Waals surface area contributed by atoms with Crippen LogP contribution in [0.25, 0.3) is 0 Å². The number of carbonyl (C=O) groups is 1. The average Bonchev–Trinajstić information content (AvgIpc) is 2.45. The molecule has 0 saturated heterocycles. The van der Waals surface area contributed by atoms with E-state index in [1.165, 1.54) is 6.20 Å². The van der Waals surface area contributed by atoms with Crippen molar-refractivity contribution in [1.82, 2.24) is 10.3 Å². The fraction of sp³-hybridized carbons (Fsp3) is 0.200. The molecule has 0 aliphatic carbocycles. The Labute approximate surface area is 127 Å². The van der Waals surface area contributed by atoms with Crippen molar-refractivity contribution < 1.29 is 4.79 Å². The van der Waals surface area contributed by atoms with Gasteiger partial charge in [-0.2, -0.15) is 0 Å². The number of carbonyl (C=O) groups excluding carboxylic acids is 1. The fourth-order valence-electron chi connectivity index (χ4n) is 1.88. The summed E-state index contributed by atoms with van der Waals surface area (Å²) in [6, 6.07) is 10.5. The SMILES string of the molecule is CCC(NC(=O)c1cc(Cl)ccn1)c1ccc(Cl)cc1. The van der Waals surface area contributed by atoms with Gasteiger partial charge in [0.15, 0.2) is 0 Å². The molecule has 2 rings (SSSR count). The lowest BCUT2D eigenvalue weighted by molar-refractivity contribution is 0.0930. The zero-order chi connectivity index (χ0) is 14.5. The molecule has 2 aromatic rings. The molecule has 1 aromatic carbocycles. The Morgan fingerprint density at radius 1 is 1.20 bits per heavy atom. The van der Waals surface area contributed by atoms with E-state index in [4.69, 9.17) is 23.2 Å². The molecule has 0 saturated carbocycles. The number of amides is 1. The standard InChI is InChI=1S/C15H14Cl2N2O/c1-2-13(10-3-5-11(16)6-4-10)19-15(20)14-9-12(17)7-8-18-14/h3-9,13H,2H2,1H3,(H,19,20). The number of hydrogen-bond acceptors (Lipinski definition) is 2. The third-order valence-electron chi connectivity index (χ3n) is 2.94. The molecular weight excluding hydrogens is 295 g/mol. The predicted octanol–water partition coefficient (Wildman–Crippen LogP) is 4.27. The van der Waals surface area contributed by atoms with Crippen molar-refractivity contribution in [2.24, 2.45) is 0 Å². The third kappa shape index (κ3) is 3.71. The number of pyridine rings is 1. The van der Waals surface area contributed by atoms with Gasteiger partial charge in [-0.3, -0.25) is 9.78 Å². The van der Waals surface area contributed by atoms with Gasteiger partial charge in [0.25, 0.3) is 5.91 Å². The van der Waals surface area contributed by atoms with Gasteiger partial charge in [0.05, 0.1) is 6.04 Å². The Kier molecular flexibility index (Phi) is 4.99. The number of nitrogens with one attached hydrogen (secondary N) is 1. The Morgan fingerprint density at radius 3 is 2.50 bits per heavy atom. The number of aromatic nitrogens is 1. The highest BCUT2D eigenvalue weighted by Gasteiger charge is 2.15. The zero-order valence-electron chi connectivity index (χ0n) is 10.9. The first-order valence-corrected chi connectivity index (χ1v) is 7.03. The molecule has 1 aromatic heterocycles. The first kappa shape index (κ1) is 14.8. The van der Waals surface area contributed by atoms with Crippen molar-refractivity contribution in [1.29, 1.82) is 0 Å². The van der Waals surface area contributed by atoms with Gasteiger partial charge in [0, 0.05) is 16.2 Å². The summed E-state index contributed by atoms with van der Waals surface area (Å²) >= 11 is 11.7. The van der Waals surface area contributed by atoms with Crippen LogP contribution in [-0.4, -0.2) is 10.9 Å². The number of rotatable bonds is 4. The summed E-state index contributed by atoms with van der Waals surface area (Å²) in [5, 5.41) is 4.11. The maximum atomic E-state index is 12.1. The molecule has 104 valence electrons. The third-order valence-corrected chi connectivity index (χ3v) is 3.43. The van der Waals surface area contributed by atoms with E-state index in [9.17, 15) is 4.79 Å². The monoisotopic (exact) mass is 308 g/mol. The molecule has 0 bridgehead atoms. The van der Waals surface area contributed by atoms with Gasteiger partial charge >= 0.3 is 0 Å². The lowest BCUT2D eigenvalue weighted by atomic mass is 10.0. The molecular formula is C15H14Cl2N2O. The molecule has 0 fully saturated rings. The van der Waals surface area contributed by atoms with Crippen LogP contribution in [0.5, 0.6) is 0 Å². The van der Waals surface area contributed by atoms with E-state index in [0.717, 1.165) is 12.0 Å². The van der Waals surface area contributed by atoms with Gasteiger partial charge in [-0.05, 0) is 36.2 Å². The summed E-state index contributed by atoms with van der Waals surface area (Å²) in [6.45, 7) is 2.00. The molecule has 1 atom stereocenters. The molecule has 1 amide bonds. The highest BCUT2D eigenvalue weighted by Crippen LogP contribution is 2.19. The summed E-state index contributed by atoms with van der Waals surface area (Å²) in [6.07, 6.45) is 2.29. The number of nitrogens with zero attached hydrogens (tertiary/aromatic N) is 1. The Morgan fingerprint density at radius 2 is 1.90 bits per heavy atom. The zero-order valence-corrected chi connectivity index (χ0v) is 12.4. The number of halogens is 2. The molecule has 20 heavy (non-hydrogen) atoms. The van der Waals surface area contributed by atoms with Crippen LogP contribution in [-0.2, 0) is 0 Å². The van der Waals surface area contributed by atoms with Gasteiger partial charge in [-0.25, -0.2) is 0 Å². The maximum absolute atomic E-state index is 12.1. The van der Waals surface area contributed by atoms with Crippen molar-refractivity contribution in [3.8, 4) is 0 Å². The van der Waals surface area contributed by atoms with Gasteiger partial charge < -0.3 is 5.32 Å². The number of hydrogen-bond donors (Lipinski definition) is 1. The van der Waals surface area contributed by atoms with Crippen molar-refractivity contribution in [2.45, 2.75) is 19.4 Å². The van der Waals surface area contributed by atoms with E-state index in [1.54, 1.807) is 12.1 Å². The number of benzene rings is 1. The average molecular weight is 309 g/mol. The quantitative estimate of drug-likeness (QED) is 0.916. The summed E-state index contributed by atoms with van der Waals surface area (Å²) in [7, 11) is 0. The first-order valence-electron chi connectivity index (χ1n) is 6.28. The minimum Gasteiger partial charge on any atom is -0.344 e. The van der Waals surface area contributed by atoms with Crippen LogP contribution in [0.15, 0.2) is 42.6 Å². The van der Waals surface area contributed by atoms with Crippen LogP contribution in [0.4, 0.5) is 0 Å². The van der Waals surface area contributed by atoms with Crippen molar-refractivity contribution >= 4 is 29.1 Å². The van der Waals surface area contributed by atoms with Crippen LogP contribution in [0.1, 0.15) is 35.4 Å². The predicted molar refractivity (Wildman–Crippen MR) is 81.2 cm³/mol. The van der Waals surface area contributed by atoms with Crippen molar-refractivity contribution in [2.75, 3.05) is 0 Å². The molecule has 0 spiro atoms. The van der Waals surface area contributed by atoms with Gasteiger partial charge in [0.2, 0.25) is 0 Å². The van der Waals surface area contributed by atoms with Crippen molar-refractivity contribution in [3.05, 3.63) is 63.9 Å². The van der Waals surface area contributed by atoms with Crippen molar-refractivity contribution in [3.63, 3.8) is 0 Å². The summed E-state index contributed by atoms with van der Waals surface area (Å²) in [4.78, 5) is 16.2. The minimum absolute atomic E-state index is 0.0828. The van der Waals surface area contributed by atoms with Crippen LogP contribution >= 0.6 is 23.2 Å². The van der Waals surface area contributed by atoms with Gasteiger partial charge in [-0.15, -0.1) is 0 Å².